The third-order valence-electron chi connectivity index (χ3n) is 3.18. The molecular formula is C14H19ClN2OS. The van der Waals surface area contributed by atoms with E-state index in [1.54, 1.807) is 17.8 Å². The number of carbonyl (C=O) groups excluding carboxylic acids is 1. The Kier molecular flexibility index (Phi) is 5.55. The molecule has 1 heterocycles. The van der Waals surface area contributed by atoms with Gasteiger partial charge in [0.15, 0.2) is 0 Å². The number of anilines is 1. The van der Waals surface area contributed by atoms with Crippen molar-refractivity contribution in [2.75, 3.05) is 18.4 Å². The standard InChI is InChI=1S/C14H19ClN2OS/c1-10(19-11-6-8-16-9-7-11)14(18)17-13-5-3-2-4-12(13)15/h2-5,10-11,16H,6-9H2,1H3,(H,17,18). The van der Waals surface area contributed by atoms with E-state index >= 15 is 0 Å². The predicted molar refractivity (Wildman–Crippen MR) is 83.0 cm³/mol. The van der Waals surface area contributed by atoms with Crippen LogP contribution >= 0.6 is 23.4 Å². The van der Waals surface area contributed by atoms with Gasteiger partial charge in [-0.2, -0.15) is 0 Å². The van der Waals surface area contributed by atoms with E-state index in [0.29, 0.717) is 16.0 Å². The molecule has 1 amide bonds. The normalized spacial score (nSPS) is 18.0. The molecule has 1 unspecified atom stereocenters. The van der Waals surface area contributed by atoms with Gasteiger partial charge >= 0.3 is 0 Å². The number of nitrogens with one attached hydrogen (secondary N) is 2. The smallest absolute Gasteiger partial charge is 0.237 e. The van der Waals surface area contributed by atoms with Crippen molar-refractivity contribution in [3.8, 4) is 0 Å². The van der Waals surface area contributed by atoms with Gasteiger partial charge in [0.05, 0.1) is 16.0 Å². The third-order valence-corrected chi connectivity index (χ3v) is 4.99. The molecule has 0 aromatic heterocycles. The molecule has 0 spiro atoms. The number of hydrogen-bond donors (Lipinski definition) is 2. The second-order valence-electron chi connectivity index (χ2n) is 4.70. The van der Waals surface area contributed by atoms with Crippen molar-refractivity contribution >= 4 is 35.0 Å². The molecule has 2 N–H and O–H groups in total. The number of halogens is 1. The Balaban J connectivity index is 1.87. The minimum Gasteiger partial charge on any atom is -0.324 e. The van der Waals surface area contributed by atoms with Gasteiger partial charge in [-0.1, -0.05) is 23.7 Å². The molecule has 1 aromatic rings. The highest BCUT2D eigenvalue weighted by Crippen LogP contribution is 2.27. The number of piperidine rings is 1. The molecule has 1 aliphatic heterocycles. The lowest BCUT2D eigenvalue weighted by Gasteiger charge is -2.24. The van der Waals surface area contributed by atoms with Crippen LogP contribution in [0.2, 0.25) is 5.02 Å². The van der Waals surface area contributed by atoms with Crippen molar-refractivity contribution in [3.05, 3.63) is 29.3 Å². The Labute approximate surface area is 123 Å². The van der Waals surface area contributed by atoms with Crippen LogP contribution in [0.3, 0.4) is 0 Å². The van der Waals surface area contributed by atoms with E-state index < -0.39 is 0 Å². The molecule has 3 nitrogen and oxygen atoms in total. The fourth-order valence-corrected chi connectivity index (χ4v) is 3.53. The molecule has 5 heteroatoms. The Bertz CT molecular complexity index is 435. The van der Waals surface area contributed by atoms with E-state index in [2.05, 4.69) is 10.6 Å². The van der Waals surface area contributed by atoms with Gasteiger partial charge in [0.25, 0.3) is 0 Å². The van der Waals surface area contributed by atoms with Gasteiger partial charge < -0.3 is 10.6 Å². The first-order valence-corrected chi connectivity index (χ1v) is 7.90. The Morgan fingerprint density at radius 2 is 2.11 bits per heavy atom. The number of thioether (sulfide) groups is 1. The zero-order valence-electron chi connectivity index (χ0n) is 11.0. The van der Waals surface area contributed by atoms with Crippen molar-refractivity contribution in [1.82, 2.24) is 5.32 Å². The van der Waals surface area contributed by atoms with Gasteiger partial charge in [-0.25, -0.2) is 0 Å². The van der Waals surface area contributed by atoms with E-state index in [1.165, 1.54) is 0 Å². The fraction of sp³-hybridized carbons (Fsp3) is 0.500. The Morgan fingerprint density at radius 1 is 1.42 bits per heavy atom. The first-order chi connectivity index (χ1) is 9.16. The largest absolute Gasteiger partial charge is 0.324 e. The molecule has 2 rings (SSSR count). The summed E-state index contributed by atoms with van der Waals surface area (Å²) in [5.41, 5.74) is 0.687. The van der Waals surface area contributed by atoms with Gasteiger partial charge in [0.1, 0.15) is 0 Å². The maximum Gasteiger partial charge on any atom is 0.237 e. The summed E-state index contributed by atoms with van der Waals surface area (Å²) >= 11 is 7.79. The molecule has 0 aliphatic carbocycles. The van der Waals surface area contributed by atoms with Crippen molar-refractivity contribution in [3.63, 3.8) is 0 Å². The second kappa shape index (κ2) is 7.17. The van der Waals surface area contributed by atoms with Crippen LogP contribution in [0.1, 0.15) is 19.8 Å². The Morgan fingerprint density at radius 3 is 2.79 bits per heavy atom. The van der Waals surface area contributed by atoms with Crippen LogP contribution in [-0.4, -0.2) is 29.5 Å². The molecule has 1 aliphatic rings. The predicted octanol–water partition coefficient (Wildman–Crippen LogP) is 3.15. The zero-order chi connectivity index (χ0) is 13.7. The molecule has 0 saturated carbocycles. The first-order valence-electron chi connectivity index (χ1n) is 6.58. The average Bonchev–Trinajstić information content (AvgIpc) is 2.42. The molecule has 1 aromatic carbocycles. The third kappa shape index (κ3) is 4.41. The highest BCUT2D eigenvalue weighted by atomic mass is 35.5. The van der Waals surface area contributed by atoms with Crippen LogP contribution < -0.4 is 10.6 Å². The lowest BCUT2D eigenvalue weighted by molar-refractivity contribution is -0.115. The van der Waals surface area contributed by atoms with E-state index in [1.807, 2.05) is 25.1 Å². The molecule has 1 fully saturated rings. The number of benzene rings is 1. The monoisotopic (exact) mass is 298 g/mol. The van der Waals surface area contributed by atoms with Gasteiger partial charge in [0.2, 0.25) is 5.91 Å². The summed E-state index contributed by atoms with van der Waals surface area (Å²) in [6, 6.07) is 7.32. The second-order valence-corrected chi connectivity index (χ2v) is 6.75. The number of rotatable bonds is 4. The van der Waals surface area contributed by atoms with Gasteiger partial charge in [0, 0.05) is 5.25 Å². The topological polar surface area (TPSA) is 41.1 Å². The van der Waals surface area contributed by atoms with E-state index in [-0.39, 0.29) is 11.2 Å². The van der Waals surface area contributed by atoms with Crippen molar-refractivity contribution in [2.45, 2.75) is 30.3 Å². The molecule has 1 atom stereocenters. The van der Waals surface area contributed by atoms with Gasteiger partial charge in [-0.3, -0.25) is 4.79 Å². The summed E-state index contributed by atoms with van der Waals surface area (Å²) in [4.78, 5) is 12.1. The molecule has 104 valence electrons. The van der Waals surface area contributed by atoms with Crippen molar-refractivity contribution < 1.29 is 4.79 Å². The van der Waals surface area contributed by atoms with Crippen LogP contribution in [0.5, 0.6) is 0 Å². The highest BCUT2D eigenvalue weighted by molar-refractivity contribution is 8.01. The number of amides is 1. The quantitative estimate of drug-likeness (QED) is 0.897. The van der Waals surface area contributed by atoms with Gasteiger partial charge in [-0.15, -0.1) is 11.8 Å². The summed E-state index contributed by atoms with van der Waals surface area (Å²) in [6.45, 7) is 4.06. The zero-order valence-corrected chi connectivity index (χ0v) is 12.6. The molecule has 19 heavy (non-hydrogen) atoms. The number of carbonyl (C=O) groups is 1. The summed E-state index contributed by atoms with van der Waals surface area (Å²) in [5, 5.41) is 7.32. The first kappa shape index (κ1) is 14.7. The van der Waals surface area contributed by atoms with Crippen LogP contribution in [-0.2, 0) is 4.79 Å². The van der Waals surface area contributed by atoms with Crippen LogP contribution in [0.4, 0.5) is 5.69 Å². The SMILES string of the molecule is CC(SC1CCNCC1)C(=O)Nc1ccccc1Cl. The minimum atomic E-state index is -0.0561. The molecule has 0 bridgehead atoms. The molecule has 0 radical (unpaired) electrons. The van der Waals surface area contributed by atoms with Gasteiger partial charge in [-0.05, 0) is 45.0 Å². The summed E-state index contributed by atoms with van der Waals surface area (Å²) in [7, 11) is 0. The lowest BCUT2D eigenvalue weighted by atomic mass is 10.2. The summed E-state index contributed by atoms with van der Waals surface area (Å²) in [6.07, 6.45) is 2.27. The van der Waals surface area contributed by atoms with Crippen molar-refractivity contribution in [2.24, 2.45) is 0 Å². The fourth-order valence-electron chi connectivity index (χ4n) is 2.08. The lowest BCUT2D eigenvalue weighted by Crippen LogP contribution is -2.32. The summed E-state index contributed by atoms with van der Waals surface area (Å²) < 4.78 is 0. The van der Waals surface area contributed by atoms with E-state index in [4.69, 9.17) is 11.6 Å². The average molecular weight is 299 g/mol. The number of para-hydroxylation sites is 1. The van der Waals surface area contributed by atoms with Crippen LogP contribution in [0.25, 0.3) is 0 Å². The maximum atomic E-state index is 12.1. The summed E-state index contributed by atoms with van der Waals surface area (Å²) in [5.74, 6) is 0.0247. The van der Waals surface area contributed by atoms with E-state index in [9.17, 15) is 4.79 Å². The maximum absolute atomic E-state index is 12.1. The molecular weight excluding hydrogens is 280 g/mol. The van der Waals surface area contributed by atoms with Crippen LogP contribution in [0, 0.1) is 0 Å². The Hall–Kier alpha value is -0.710. The van der Waals surface area contributed by atoms with E-state index in [0.717, 1.165) is 25.9 Å². The highest BCUT2D eigenvalue weighted by Gasteiger charge is 2.21. The molecule has 1 saturated heterocycles. The number of hydrogen-bond acceptors (Lipinski definition) is 3. The van der Waals surface area contributed by atoms with Crippen molar-refractivity contribution in [1.29, 1.82) is 0 Å². The van der Waals surface area contributed by atoms with Crippen LogP contribution in [0.15, 0.2) is 24.3 Å². The minimum absolute atomic E-state index is 0.0247.